The third-order valence-corrected chi connectivity index (χ3v) is 4.22. The molecule has 0 aliphatic rings. The summed E-state index contributed by atoms with van der Waals surface area (Å²) in [4.78, 5) is 14.4. The molecule has 1 amide bonds. The lowest BCUT2D eigenvalue weighted by Gasteiger charge is -2.17. The molecule has 0 radical (unpaired) electrons. The van der Waals surface area contributed by atoms with Crippen LogP contribution in [0.5, 0.6) is 5.75 Å². The highest BCUT2D eigenvalue weighted by Crippen LogP contribution is 2.22. The van der Waals surface area contributed by atoms with E-state index >= 15 is 0 Å². The van der Waals surface area contributed by atoms with Crippen molar-refractivity contribution < 1.29 is 9.53 Å². The fraction of sp³-hybridized carbons (Fsp3) is 0.190. The molecule has 0 unspecified atom stereocenters. The molecule has 3 aromatic carbocycles. The van der Waals surface area contributed by atoms with E-state index in [0.29, 0.717) is 12.1 Å². The number of amides is 1. The Morgan fingerprint density at radius 3 is 2.42 bits per heavy atom. The second-order valence-electron chi connectivity index (χ2n) is 5.89. The highest BCUT2D eigenvalue weighted by atomic mass is 16.5. The average molecular weight is 319 g/mol. The Morgan fingerprint density at radius 1 is 0.958 bits per heavy atom. The fourth-order valence-electron chi connectivity index (χ4n) is 2.75. The molecule has 0 aliphatic carbocycles. The second-order valence-corrected chi connectivity index (χ2v) is 5.89. The second kappa shape index (κ2) is 7.18. The van der Waals surface area contributed by atoms with Gasteiger partial charge in [0, 0.05) is 19.2 Å². The summed E-state index contributed by atoms with van der Waals surface area (Å²) in [7, 11) is 3.50. The van der Waals surface area contributed by atoms with Gasteiger partial charge in [0.2, 0.25) is 0 Å². The number of hydrogen-bond acceptors (Lipinski definition) is 2. The molecule has 0 saturated heterocycles. The monoisotopic (exact) mass is 319 g/mol. The first-order valence-corrected chi connectivity index (χ1v) is 8.04. The molecule has 0 N–H and O–H groups in total. The molecule has 3 rings (SSSR count). The van der Waals surface area contributed by atoms with Crippen LogP contribution in [0.3, 0.4) is 0 Å². The molecule has 24 heavy (non-hydrogen) atoms. The molecule has 3 aromatic rings. The molecule has 0 spiro atoms. The summed E-state index contributed by atoms with van der Waals surface area (Å²) in [5.41, 5.74) is 1.95. The van der Waals surface area contributed by atoms with Crippen molar-refractivity contribution in [2.45, 2.75) is 6.42 Å². The minimum Gasteiger partial charge on any atom is -0.497 e. The largest absolute Gasteiger partial charge is 0.497 e. The molecule has 0 fully saturated rings. The van der Waals surface area contributed by atoms with Crippen molar-refractivity contribution in [2.75, 3.05) is 20.7 Å². The third-order valence-electron chi connectivity index (χ3n) is 4.22. The van der Waals surface area contributed by atoms with E-state index in [0.717, 1.165) is 22.9 Å². The molecule has 0 bridgehead atoms. The van der Waals surface area contributed by atoms with Crippen LogP contribution < -0.4 is 4.74 Å². The van der Waals surface area contributed by atoms with Gasteiger partial charge in [0.05, 0.1) is 7.11 Å². The Morgan fingerprint density at radius 2 is 1.67 bits per heavy atom. The van der Waals surface area contributed by atoms with Crippen molar-refractivity contribution in [3.05, 3.63) is 77.9 Å². The molecule has 0 aliphatic heterocycles. The van der Waals surface area contributed by atoms with Gasteiger partial charge in [-0.3, -0.25) is 4.79 Å². The highest BCUT2D eigenvalue weighted by Gasteiger charge is 2.12. The van der Waals surface area contributed by atoms with Crippen molar-refractivity contribution in [1.29, 1.82) is 0 Å². The molecular formula is C21H21NO2. The Bertz CT molecular complexity index is 843. The zero-order valence-corrected chi connectivity index (χ0v) is 14.0. The number of rotatable bonds is 5. The smallest absolute Gasteiger partial charge is 0.253 e. The number of carbonyl (C=O) groups is 1. The van der Waals surface area contributed by atoms with Crippen molar-refractivity contribution in [1.82, 2.24) is 4.90 Å². The number of fused-ring (bicyclic) bond motifs is 1. The molecular weight excluding hydrogens is 298 g/mol. The quantitative estimate of drug-likeness (QED) is 0.706. The van der Waals surface area contributed by atoms with Crippen LogP contribution in [0.2, 0.25) is 0 Å². The standard InChI is InChI=1S/C21H21NO2/c1-22(13-12-16-6-4-3-5-7-16)21(23)19-9-8-18-15-20(24-2)11-10-17(18)14-19/h3-11,14-15H,12-13H2,1-2H3. The highest BCUT2D eigenvalue weighted by molar-refractivity contribution is 5.98. The molecule has 122 valence electrons. The number of likely N-dealkylation sites (N-methyl/N-ethyl adjacent to an activating group) is 1. The first-order chi connectivity index (χ1) is 11.7. The van der Waals surface area contributed by atoms with Crippen LogP contribution in [0.4, 0.5) is 0 Å². The maximum Gasteiger partial charge on any atom is 0.253 e. The van der Waals surface area contributed by atoms with Crippen molar-refractivity contribution >= 4 is 16.7 Å². The van der Waals surface area contributed by atoms with E-state index in [1.807, 2.05) is 61.6 Å². The van der Waals surface area contributed by atoms with Gasteiger partial charge in [-0.05, 0) is 47.0 Å². The maximum atomic E-state index is 12.6. The minimum absolute atomic E-state index is 0.0450. The van der Waals surface area contributed by atoms with Gasteiger partial charge in [0.25, 0.3) is 5.91 Å². The molecule has 0 aromatic heterocycles. The maximum absolute atomic E-state index is 12.6. The van der Waals surface area contributed by atoms with Crippen LogP contribution in [0.15, 0.2) is 66.7 Å². The van der Waals surface area contributed by atoms with Gasteiger partial charge in [-0.15, -0.1) is 0 Å². The van der Waals surface area contributed by atoms with Crippen molar-refractivity contribution in [3.63, 3.8) is 0 Å². The Labute approximate surface area is 142 Å². The molecule has 3 heteroatoms. The lowest BCUT2D eigenvalue weighted by molar-refractivity contribution is 0.0797. The summed E-state index contributed by atoms with van der Waals surface area (Å²) in [6.07, 6.45) is 0.855. The van der Waals surface area contributed by atoms with E-state index in [2.05, 4.69) is 12.1 Å². The average Bonchev–Trinajstić information content (AvgIpc) is 2.65. The molecule has 0 heterocycles. The van der Waals surface area contributed by atoms with Gasteiger partial charge in [-0.1, -0.05) is 42.5 Å². The van der Waals surface area contributed by atoms with E-state index < -0.39 is 0 Å². The van der Waals surface area contributed by atoms with E-state index in [1.165, 1.54) is 5.56 Å². The van der Waals surface area contributed by atoms with Gasteiger partial charge in [0.1, 0.15) is 5.75 Å². The summed E-state index contributed by atoms with van der Waals surface area (Å²) >= 11 is 0. The third kappa shape index (κ3) is 3.57. The van der Waals surface area contributed by atoms with Crippen LogP contribution in [-0.2, 0) is 6.42 Å². The minimum atomic E-state index is 0.0450. The number of nitrogens with zero attached hydrogens (tertiary/aromatic N) is 1. The van der Waals surface area contributed by atoms with Gasteiger partial charge < -0.3 is 9.64 Å². The number of ether oxygens (including phenoxy) is 1. The summed E-state index contributed by atoms with van der Waals surface area (Å²) in [6, 6.07) is 21.9. The predicted molar refractivity (Wildman–Crippen MR) is 97.6 cm³/mol. The number of carbonyl (C=O) groups excluding carboxylic acids is 1. The summed E-state index contributed by atoms with van der Waals surface area (Å²) < 4.78 is 5.24. The van der Waals surface area contributed by atoms with E-state index in [4.69, 9.17) is 4.74 Å². The van der Waals surface area contributed by atoms with E-state index in [1.54, 1.807) is 12.0 Å². The van der Waals surface area contributed by atoms with Crippen LogP contribution in [0.25, 0.3) is 10.8 Å². The zero-order chi connectivity index (χ0) is 16.9. The lowest BCUT2D eigenvalue weighted by Crippen LogP contribution is -2.28. The van der Waals surface area contributed by atoms with E-state index in [-0.39, 0.29) is 5.91 Å². The van der Waals surface area contributed by atoms with Gasteiger partial charge in [-0.2, -0.15) is 0 Å². The SMILES string of the molecule is COc1ccc2cc(C(=O)N(C)CCc3ccccc3)ccc2c1. The fourth-order valence-corrected chi connectivity index (χ4v) is 2.75. The first kappa shape index (κ1) is 16.1. The Hall–Kier alpha value is -2.81. The van der Waals surface area contributed by atoms with Gasteiger partial charge >= 0.3 is 0 Å². The van der Waals surface area contributed by atoms with Crippen LogP contribution >= 0.6 is 0 Å². The van der Waals surface area contributed by atoms with Crippen molar-refractivity contribution in [3.8, 4) is 5.75 Å². The van der Waals surface area contributed by atoms with Crippen LogP contribution in [0, 0.1) is 0 Å². The van der Waals surface area contributed by atoms with Crippen molar-refractivity contribution in [2.24, 2.45) is 0 Å². The zero-order valence-electron chi connectivity index (χ0n) is 14.0. The summed E-state index contributed by atoms with van der Waals surface area (Å²) in [6.45, 7) is 0.698. The van der Waals surface area contributed by atoms with E-state index in [9.17, 15) is 4.79 Å². The van der Waals surface area contributed by atoms with Crippen LogP contribution in [-0.4, -0.2) is 31.5 Å². The first-order valence-electron chi connectivity index (χ1n) is 8.04. The summed E-state index contributed by atoms with van der Waals surface area (Å²) in [5, 5.41) is 2.11. The molecule has 3 nitrogen and oxygen atoms in total. The topological polar surface area (TPSA) is 29.5 Å². The molecule has 0 atom stereocenters. The number of methoxy groups -OCH3 is 1. The van der Waals surface area contributed by atoms with Gasteiger partial charge in [-0.25, -0.2) is 0 Å². The lowest BCUT2D eigenvalue weighted by atomic mass is 10.1. The normalized spacial score (nSPS) is 10.6. The predicted octanol–water partition coefficient (Wildman–Crippen LogP) is 4.16. The Balaban J connectivity index is 1.72. The Kier molecular flexibility index (Phi) is 4.80. The number of hydrogen-bond donors (Lipinski definition) is 0. The number of benzene rings is 3. The van der Waals surface area contributed by atoms with Crippen LogP contribution in [0.1, 0.15) is 15.9 Å². The van der Waals surface area contributed by atoms with Gasteiger partial charge in [0.15, 0.2) is 0 Å². The summed E-state index contributed by atoms with van der Waals surface area (Å²) in [5.74, 6) is 0.866. The molecule has 0 saturated carbocycles.